The molecule has 0 amide bonds. The third-order valence-corrected chi connectivity index (χ3v) is 4.48. The molecule has 6 nitrogen and oxygen atoms in total. The van der Waals surface area contributed by atoms with Crippen LogP contribution in [0.4, 0.5) is 8.78 Å². The number of ether oxygens (including phenoxy) is 2. The molecule has 138 valence electrons. The minimum atomic E-state index is -0.746. The predicted molar refractivity (Wildman–Crippen MR) is 95.9 cm³/mol. The van der Waals surface area contributed by atoms with Gasteiger partial charge < -0.3 is 14.5 Å². The van der Waals surface area contributed by atoms with Gasteiger partial charge in [-0.1, -0.05) is 0 Å². The number of H-pyrrole nitrogens is 2. The van der Waals surface area contributed by atoms with Crippen LogP contribution in [0.2, 0.25) is 0 Å². The van der Waals surface area contributed by atoms with Crippen molar-refractivity contribution in [1.29, 1.82) is 0 Å². The Labute approximate surface area is 153 Å². The second-order valence-electron chi connectivity index (χ2n) is 5.99. The number of rotatable bonds is 5. The summed E-state index contributed by atoms with van der Waals surface area (Å²) in [6, 6.07) is 3.11. The quantitative estimate of drug-likeness (QED) is 0.560. The Balaban J connectivity index is 1.81. The first-order valence-corrected chi connectivity index (χ1v) is 8.16. The van der Waals surface area contributed by atoms with Crippen molar-refractivity contribution in [2.24, 2.45) is 0 Å². The van der Waals surface area contributed by atoms with Crippen LogP contribution < -0.4 is 9.47 Å². The summed E-state index contributed by atoms with van der Waals surface area (Å²) in [4.78, 5) is 7.41. The van der Waals surface area contributed by atoms with Crippen LogP contribution in [0.15, 0.2) is 36.9 Å². The first kappa shape index (κ1) is 17.0. The number of aromatic nitrogens is 4. The number of benzene rings is 1. The van der Waals surface area contributed by atoms with E-state index >= 15 is 0 Å². The molecule has 0 aliphatic rings. The lowest BCUT2D eigenvalue weighted by molar-refractivity contribution is 0.354. The van der Waals surface area contributed by atoms with Crippen molar-refractivity contribution >= 4 is 11.0 Å². The number of hydrogen-bond acceptors (Lipinski definition) is 4. The molecule has 27 heavy (non-hydrogen) atoms. The summed E-state index contributed by atoms with van der Waals surface area (Å²) in [5.74, 6) is -1.63. The molecule has 1 aromatic carbocycles. The number of halogens is 2. The molecule has 4 rings (SSSR count). The maximum atomic E-state index is 14.7. The fraction of sp³-hybridized carbons (Fsp3) is 0.158. The van der Waals surface area contributed by atoms with Crippen LogP contribution in [0.5, 0.6) is 11.5 Å². The predicted octanol–water partition coefficient (Wildman–Crippen LogP) is 3.84. The molecule has 3 heterocycles. The number of fused-ring (bicyclic) bond motifs is 1. The highest BCUT2D eigenvalue weighted by Gasteiger charge is 2.21. The Morgan fingerprint density at radius 3 is 2.33 bits per heavy atom. The minimum Gasteiger partial charge on any atom is -0.494 e. The Hall–Kier alpha value is -3.42. The van der Waals surface area contributed by atoms with Gasteiger partial charge in [-0.2, -0.15) is 5.10 Å². The molecule has 0 unspecified atom stereocenters. The maximum absolute atomic E-state index is 14.7. The van der Waals surface area contributed by atoms with Crippen molar-refractivity contribution in [3.05, 3.63) is 59.7 Å². The fourth-order valence-corrected chi connectivity index (χ4v) is 3.05. The van der Waals surface area contributed by atoms with Gasteiger partial charge in [0.05, 0.1) is 20.4 Å². The van der Waals surface area contributed by atoms with E-state index in [1.165, 1.54) is 20.3 Å². The minimum absolute atomic E-state index is 0.0156. The van der Waals surface area contributed by atoms with E-state index in [-0.39, 0.29) is 23.5 Å². The number of nitrogens with zero attached hydrogens (tertiary/aromatic N) is 2. The summed E-state index contributed by atoms with van der Waals surface area (Å²) in [5, 5.41) is 7.46. The third kappa shape index (κ3) is 2.88. The van der Waals surface area contributed by atoms with E-state index < -0.39 is 11.6 Å². The maximum Gasteiger partial charge on any atom is 0.171 e. The number of hydrogen-bond donors (Lipinski definition) is 2. The molecule has 4 aromatic rings. The Kier molecular flexibility index (Phi) is 4.23. The van der Waals surface area contributed by atoms with Gasteiger partial charge in [-0.3, -0.25) is 5.10 Å². The average molecular weight is 370 g/mol. The summed E-state index contributed by atoms with van der Waals surface area (Å²) >= 11 is 0. The standard InChI is InChI=1S/C19H16F2N4O2/c1-26-15-5-16(27-2)18(21)14(17(15)20)4-11-7-23-19-13(11)3-10(6-22-19)12-8-24-25-9-12/h3,5-9H,4H2,1-2H3,(H,22,23)(H,24,25). The van der Waals surface area contributed by atoms with E-state index in [1.807, 2.05) is 6.07 Å². The smallest absolute Gasteiger partial charge is 0.171 e. The van der Waals surface area contributed by atoms with Gasteiger partial charge in [-0.05, 0) is 11.6 Å². The van der Waals surface area contributed by atoms with Crippen LogP contribution in [0, 0.1) is 11.6 Å². The lowest BCUT2D eigenvalue weighted by atomic mass is 10.0. The molecule has 0 fully saturated rings. The summed E-state index contributed by atoms with van der Waals surface area (Å²) in [5.41, 5.74) is 2.93. The van der Waals surface area contributed by atoms with Gasteiger partial charge in [0.1, 0.15) is 5.65 Å². The van der Waals surface area contributed by atoms with Crippen molar-refractivity contribution in [2.45, 2.75) is 6.42 Å². The van der Waals surface area contributed by atoms with Gasteiger partial charge >= 0.3 is 0 Å². The Morgan fingerprint density at radius 1 is 0.963 bits per heavy atom. The van der Waals surface area contributed by atoms with E-state index in [0.717, 1.165) is 16.5 Å². The van der Waals surface area contributed by atoms with Crippen LogP contribution in [0.1, 0.15) is 11.1 Å². The van der Waals surface area contributed by atoms with Crippen molar-refractivity contribution in [3.63, 3.8) is 0 Å². The first-order valence-electron chi connectivity index (χ1n) is 8.16. The molecule has 8 heteroatoms. The van der Waals surface area contributed by atoms with Crippen LogP contribution in [-0.4, -0.2) is 34.4 Å². The molecule has 0 spiro atoms. The van der Waals surface area contributed by atoms with Gasteiger partial charge in [0.2, 0.25) is 0 Å². The van der Waals surface area contributed by atoms with Crippen LogP contribution >= 0.6 is 0 Å². The Bertz CT molecular complexity index is 1080. The zero-order valence-corrected chi connectivity index (χ0v) is 14.6. The van der Waals surface area contributed by atoms with E-state index in [2.05, 4.69) is 20.2 Å². The summed E-state index contributed by atoms with van der Waals surface area (Å²) in [7, 11) is 2.65. The second-order valence-corrected chi connectivity index (χ2v) is 5.99. The van der Waals surface area contributed by atoms with Gasteiger partial charge in [-0.25, -0.2) is 13.8 Å². The zero-order valence-electron chi connectivity index (χ0n) is 14.6. The number of nitrogens with one attached hydrogen (secondary N) is 2. The molecule has 0 aliphatic carbocycles. The van der Waals surface area contributed by atoms with E-state index in [9.17, 15) is 8.78 Å². The molecule has 0 atom stereocenters. The summed E-state index contributed by atoms with van der Waals surface area (Å²) < 4.78 is 39.4. The molecule has 0 aliphatic heterocycles. The fourth-order valence-electron chi connectivity index (χ4n) is 3.05. The van der Waals surface area contributed by atoms with Crippen molar-refractivity contribution in [3.8, 4) is 22.6 Å². The number of methoxy groups -OCH3 is 2. The molecular weight excluding hydrogens is 354 g/mol. The lowest BCUT2D eigenvalue weighted by Crippen LogP contribution is -2.03. The number of pyridine rings is 1. The van der Waals surface area contributed by atoms with Crippen LogP contribution in [-0.2, 0) is 6.42 Å². The zero-order chi connectivity index (χ0) is 19.0. The molecule has 3 aromatic heterocycles. The highest BCUT2D eigenvalue weighted by atomic mass is 19.1. The molecule has 0 radical (unpaired) electrons. The molecular formula is C19H16F2N4O2. The molecule has 2 N–H and O–H groups in total. The average Bonchev–Trinajstić information content (AvgIpc) is 3.35. The third-order valence-electron chi connectivity index (χ3n) is 4.48. The lowest BCUT2D eigenvalue weighted by Gasteiger charge is -2.12. The van der Waals surface area contributed by atoms with Gasteiger partial charge in [0, 0.05) is 53.2 Å². The largest absolute Gasteiger partial charge is 0.494 e. The number of aromatic amines is 2. The molecule has 0 saturated carbocycles. The van der Waals surface area contributed by atoms with Crippen molar-refractivity contribution < 1.29 is 18.3 Å². The summed E-state index contributed by atoms with van der Waals surface area (Å²) in [6.07, 6.45) is 6.86. The van der Waals surface area contributed by atoms with Gasteiger partial charge in [0.25, 0.3) is 0 Å². The van der Waals surface area contributed by atoms with Crippen molar-refractivity contribution in [2.75, 3.05) is 14.2 Å². The topological polar surface area (TPSA) is 75.8 Å². The Morgan fingerprint density at radius 2 is 1.70 bits per heavy atom. The normalized spacial score (nSPS) is 11.1. The monoisotopic (exact) mass is 370 g/mol. The van der Waals surface area contributed by atoms with E-state index in [4.69, 9.17) is 9.47 Å². The first-order chi connectivity index (χ1) is 13.1. The highest BCUT2D eigenvalue weighted by molar-refractivity contribution is 5.84. The van der Waals surface area contributed by atoms with Crippen LogP contribution in [0.3, 0.4) is 0 Å². The summed E-state index contributed by atoms with van der Waals surface area (Å²) in [6.45, 7) is 0. The SMILES string of the molecule is COc1cc(OC)c(F)c(Cc2c[nH]c3ncc(-c4cn[nH]c4)cc23)c1F. The molecule has 0 bridgehead atoms. The van der Waals surface area contributed by atoms with Crippen molar-refractivity contribution in [1.82, 2.24) is 20.2 Å². The highest BCUT2D eigenvalue weighted by Crippen LogP contribution is 2.34. The van der Waals surface area contributed by atoms with E-state index in [1.54, 1.807) is 24.8 Å². The second kappa shape index (κ2) is 6.71. The molecule has 0 saturated heterocycles. The van der Waals surface area contributed by atoms with Gasteiger partial charge in [-0.15, -0.1) is 0 Å². The van der Waals surface area contributed by atoms with Crippen LogP contribution in [0.25, 0.3) is 22.2 Å². The van der Waals surface area contributed by atoms with E-state index in [0.29, 0.717) is 11.2 Å². The van der Waals surface area contributed by atoms with Gasteiger partial charge in [0.15, 0.2) is 23.1 Å².